The summed E-state index contributed by atoms with van der Waals surface area (Å²) < 4.78 is 4.97. The number of amides is 3. The lowest BCUT2D eigenvalue weighted by molar-refractivity contribution is -0.133. The van der Waals surface area contributed by atoms with Crippen molar-refractivity contribution in [3.63, 3.8) is 0 Å². The predicted octanol–water partition coefficient (Wildman–Crippen LogP) is 1.73. The number of hydrogen-bond acceptors (Lipinski definition) is 5. The lowest BCUT2D eigenvalue weighted by atomic mass is 9.87. The second-order valence-electron chi connectivity index (χ2n) is 7.23. The zero-order valence-electron chi connectivity index (χ0n) is 16.9. The fourth-order valence-electron chi connectivity index (χ4n) is 3.31. The number of carbonyl (C=O) groups is 3. The van der Waals surface area contributed by atoms with Crippen LogP contribution in [0.15, 0.2) is 53.4 Å². The number of nitrogens with one attached hydrogen (secondary N) is 4. The van der Waals surface area contributed by atoms with Gasteiger partial charge in [-0.05, 0) is 62.3 Å². The van der Waals surface area contributed by atoms with Gasteiger partial charge in [-0.1, -0.05) is 11.6 Å². The molecule has 0 atom stereocenters. The Kier molecular flexibility index (Phi) is 7.86. The van der Waals surface area contributed by atoms with Crippen LogP contribution >= 0.6 is 11.6 Å². The standard InChI is InChI=1S/C22H25ClN4O4/c23-18-4-2-17(3-5-18)20(29)25-12-13-26-21(30)22(8-10-24-11-9-22)27-19(28)6-1-16-7-14-31-15-16/h1-7,14-15,24H,8-13H2,(H,25,29)(H,26,30)(H,27,28)/b6-1+. The molecule has 2 aromatic rings. The quantitative estimate of drug-likeness (QED) is 0.366. The number of hydrogen-bond donors (Lipinski definition) is 4. The summed E-state index contributed by atoms with van der Waals surface area (Å²) in [4.78, 5) is 37.5. The zero-order chi connectivity index (χ0) is 22.1. The van der Waals surface area contributed by atoms with Crippen molar-refractivity contribution in [2.45, 2.75) is 18.4 Å². The number of carbonyl (C=O) groups excluding carboxylic acids is 3. The SMILES string of the molecule is O=C(/C=C/c1ccoc1)NC1(C(=O)NCCNC(=O)c2ccc(Cl)cc2)CCNCC1. The minimum atomic E-state index is -0.997. The van der Waals surface area contributed by atoms with E-state index in [0.29, 0.717) is 36.5 Å². The Morgan fingerprint density at radius 1 is 1.06 bits per heavy atom. The Morgan fingerprint density at radius 3 is 2.45 bits per heavy atom. The first kappa shape index (κ1) is 22.6. The van der Waals surface area contributed by atoms with Gasteiger partial charge in [-0.25, -0.2) is 0 Å². The van der Waals surface area contributed by atoms with Gasteiger partial charge < -0.3 is 25.7 Å². The van der Waals surface area contributed by atoms with Gasteiger partial charge in [0.2, 0.25) is 11.8 Å². The molecule has 1 aromatic heterocycles. The monoisotopic (exact) mass is 444 g/mol. The molecule has 164 valence electrons. The lowest BCUT2D eigenvalue weighted by Gasteiger charge is -2.36. The van der Waals surface area contributed by atoms with Crippen LogP contribution in [0.1, 0.15) is 28.8 Å². The predicted molar refractivity (Wildman–Crippen MR) is 118 cm³/mol. The topological polar surface area (TPSA) is 112 Å². The van der Waals surface area contributed by atoms with E-state index in [1.165, 1.54) is 18.6 Å². The molecule has 31 heavy (non-hydrogen) atoms. The molecule has 1 fully saturated rings. The normalized spacial score (nSPS) is 15.4. The van der Waals surface area contributed by atoms with Gasteiger partial charge in [-0.3, -0.25) is 14.4 Å². The molecule has 8 nitrogen and oxygen atoms in total. The van der Waals surface area contributed by atoms with Gasteiger partial charge in [-0.15, -0.1) is 0 Å². The second kappa shape index (κ2) is 10.8. The first-order valence-electron chi connectivity index (χ1n) is 10.0. The molecule has 2 heterocycles. The number of benzene rings is 1. The van der Waals surface area contributed by atoms with E-state index in [9.17, 15) is 14.4 Å². The van der Waals surface area contributed by atoms with Gasteiger partial charge >= 0.3 is 0 Å². The van der Waals surface area contributed by atoms with E-state index < -0.39 is 5.54 Å². The molecule has 3 rings (SSSR count). The second-order valence-corrected chi connectivity index (χ2v) is 7.67. The van der Waals surface area contributed by atoms with Crippen LogP contribution in [0.25, 0.3) is 6.08 Å². The van der Waals surface area contributed by atoms with E-state index in [1.807, 2.05) is 0 Å². The van der Waals surface area contributed by atoms with Crippen LogP contribution in [-0.2, 0) is 9.59 Å². The van der Waals surface area contributed by atoms with E-state index in [1.54, 1.807) is 36.4 Å². The van der Waals surface area contributed by atoms with Crippen molar-refractivity contribution in [2.75, 3.05) is 26.2 Å². The molecule has 0 bridgehead atoms. The fraction of sp³-hybridized carbons (Fsp3) is 0.318. The summed E-state index contributed by atoms with van der Waals surface area (Å²) >= 11 is 5.82. The van der Waals surface area contributed by atoms with Crippen LogP contribution in [0.2, 0.25) is 5.02 Å². The van der Waals surface area contributed by atoms with Crippen LogP contribution in [0.5, 0.6) is 0 Å². The summed E-state index contributed by atoms with van der Waals surface area (Å²) in [5.41, 5.74) is 0.251. The minimum Gasteiger partial charge on any atom is -0.472 e. The van der Waals surface area contributed by atoms with Gasteiger partial charge in [0, 0.05) is 35.3 Å². The maximum Gasteiger partial charge on any atom is 0.251 e. The fourth-order valence-corrected chi connectivity index (χ4v) is 3.43. The molecule has 1 aliphatic heterocycles. The maximum atomic E-state index is 12.9. The third-order valence-corrected chi connectivity index (χ3v) is 5.28. The van der Waals surface area contributed by atoms with E-state index in [0.717, 1.165) is 5.56 Å². The number of piperidine rings is 1. The molecular formula is C22H25ClN4O4. The van der Waals surface area contributed by atoms with E-state index in [4.69, 9.17) is 16.0 Å². The molecule has 3 amide bonds. The smallest absolute Gasteiger partial charge is 0.251 e. The van der Waals surface area contributed by atoms with Gasteiger partial charge in [0.1, 0.15) is 5.54 Å². The van der Waals surface area contributed by atoms with Gasteiger partial charge in [-0.2, -0.15) is 0 Å². The average Bonchev–Trinajstić information content (AvgIpc) is 3.30. The first-order valence-corrected chi connectivity index (χ1v) is 10.4. The number of rotatable bonds is 8. The molecule has 1 aromatic carbocycles. The molecule has 0 saturated carbocycles. The largest absolute Gasteiger partial charge is 0.472 e. The van der Waals surface area contributed by atoms with Crippen LogP contribution < -0.4 is 21.3 Å². The van der Waals surface area contributed by atoms with Crippen molar-refractivity contribution in [1.29, 1.82) is 0 Å². The molecule has 0 aliphatic carbocycles. The van der Waals surface area contributed by atoms with Crippen LogP contribution in [0, 0.1) is 0 Å². The van der Waals surface area contributed by atoms with Gasteiger partial charge in [0.15, 0.2) is 0 Å². The summed E-state index contributed by atoms with van der Waals surface area (Å²) in [7, 11) is 0. The van der Waals surface area contributed by atoms with Crippen molar-refractivity contribution >= 4 is 35.4 Å². The maximum absolute atomic E-state index is 12.9. The summed E-state index contributed by atoms with van der Waals surface area (Å²) in [5.74, 6) is -0.866. The summed E-state index contributed by atoms with van der Waals surface area (Å²) in [6, 6.07) is 8.28. The Morgan fingerprint density at radius 2 is 1.77 bits per heavy atom. The molecule has 1 aliphatic rings. The Balaban J connectivity index is 1.51. The van der Waals surface area contributed by atoms with Crippen molar-refractivity contribution in [3.05, 3.63) is 65.1 Å². The highest BCUT2D eigenvalue weighted by molar-refractivity contribution is 6.30. The molecule has 9 heteroatoms. The van der Waals surface area contributed by atoms with E-state index >= 15 is 0 Å². The molecule has 0 radical (unpaired) electrons. The Labute approximate surface area is 185 Å². The van der Waals surface area contributed by atoms with E-state index in [-0.39, 0.29) is 30.8 Å². The average molecular weight is 445 g/mol. The van der Waals surface area contributed by atoms with Crippen molar-refractivity contribution in [3.8, 4) is 0 Å². The first-order chi connectivity index (χ1) is 15.0. The molecule has 4 N–H and O–H groups in total. The third-order valence-electron chi connectivity index (χ3n) is 5.03. The Hall–Kier alpha value is -3.10. The zero-order valence-corrected chi connectivity index (χ0v) is 17.7. The summed E-state index contributed by atoms with van der Waals surface area (Å²) in [6.45, 7) is 1.74. The van der Waals surface area contributed by atoms with Crippen LogP contribution in [-0.4, -0.2) is 49.4 Å². The molecule has 1 saturated heterocycles. The van der Waals surface area contributed by atoms with Crippen LogP contribution in [0.3, 0.4) is 0 Å². The highest BCUT2D eigenvalue weighted by atomic mass is 35.5. The molecule has 0 unspecified atom stereocenters. The summed E-state index contributed by atoms with van der Waals surface area (Å²) in [5, 5.41) is 12.2. The lowest BCUT2D eigenvalue weighted by Crippen LogP contribution is -2.63. The van der Waals surface area contributed by atoms with Gasteiger partial charge in [0.05, 0.1) is 12.5 Å². The number of halogens is 1. The van der Waals surface area contributed by atoms with E-state index in [2.05, 4.69) is 21.3 Å². The minimum absolute atomic E-state index is 0.244. The highest BCUT2D eigenvalue weighted by Gasteiger charge is 2.40. The third kappa shape index (κ3) is 6.44. The highest BCUT2D eigenvalue weighted by Crippen LogP contribution is 2.19. The van der Waals surface area contributed by atoms with Crippen molar-refractivity contribution < 1.29 is 18.8 Å². The molecular weight excluding hydrogens is 420 g/mol. The van der Waals surface area contributed by atoms with Crippen LogP contribution in [0.4, 0.5) is 0 Å². The van der Waals surface area contributed by atoms with Crippen molar-refractivity contribution in [1.82, 2.24) is 21.3 Å². The van der Waals surface area contributed by atoms with Crippen molar-refractivity contribution in [2.24, 2.45) is 0 Å². The number of furan rings is 1. The summed E-state index contributed by atoms with van der Waals surface area (Å²) in [6.07, 6.45) is 6.99. The Bertz CT molecular complexity index is 919. The molecule has 0 spiro atoms. The van der Waals surface area contributed by atoms with Gasteiger partial charge in [0.25, 0.3) is 5.91 Å².